The molecule has 0 unspecified atom stereocenters. The number of carbonyl (C=O) groups is 2. The van der Waals surface area contributed by atoms with Crippen LogP contribution in [0.1, 0.15) is 39.2 Å². The fourth-order valence-electron chi connectivity index (χ4n) is 4.19. The van der Waals surface area contributed by atoms with Crippen LogP contribution in [-0.4, -0.2) is 32.3 Å². The van der Waals surface area contributed by atoms with E-state index in [4.69, 9.17) is 19.9 Å². The highest BCUT2D eigenvalue weighted by Crippen LogP contribution is 2.45. The fraction of sp³-hybridized carbons (Fsp3) is 0.308. The first-order valence-corrected chi connectivity index (χ1v) is 10.9. The quantitative estimate of drug-likeness (QED) is 0.489. The summed E-state index contributed by atoms with van der Waals surface area (Å²) in [6.07, 6.45) is 0. The van der Waals surface area contributed by atoms with Crippen LogP contribution in [0, 0.1) is 0 Å². The van der Waals surface area contributed by atoms with E-state index in [0.717, 1.165) is 5.69 Å². The number of rotatable bonds is 7. The Morgan fingerprint density at radius 1 is 0.909 bits per heavy atom. The molecule has 0 saturated heterocycles. The summed E-state index contributed by atoms with van der Waals surface area (Å²) in [5.74, 6) is -0.959. The highest BCUT2D eigenvalue weighted by molar-refractivity contribution is 6.01. The molecule has 33 heavy (non-hydrogen) atoms. The molecule has 0 fully saturated rings. The summed E-state index contributed by atoms with van der Waals surface area (Å²) in [7, 11) is 1.60. The second-order valence-corrected chi connectivity index (χ2v) is 7.58. The molecule has 0 amide bonds. The molecule has 7 nitrogen and oxygen atoms in total. The molecule has 0 aliphatic carbocycles. The summed E-state index contributed by atoms with van der Waals surface area (Å²) in [6, 6.07) is 14.6. The monoisotopic (exact) mass is 450 g/mol. The zero-order valence-electron chi connectivity index (χ0n) is 19.7. The molecule has 2 N–H and O–H groups in total. The molecule has 0 bridgehead atoms. The van der Waals surface area contributed by atoms with Gasteiger partial charge < -0.3 is 24.8 Å². The molecule has 3 rings (SSSR count). The van der Waals surface area contributed by atoms with Crippen molar-refractivity contribution in [3.63, 3.8) is 0 Å². The number of esters is 2. The summed E-state index contributed by atoms with van der Waals surface area (Å²) in [4.78, 5) is 28.4. The minimum Gasteiger partial charge on any atom is -0.497 e. The normalized spacial score (nSPS) is 14.4. The molecule has 0 atom stereocenters. The molecular formula is C26H30N2O5. The van der Waals surface area contributed by atoms with E-state index in [1.54, 1.807) is 39.2 Å². The summed E-state index contributed by atoms with van der Waals surface area (Å²) in [6.45, 7) is 7.61. The second kappa shape index (κ2) is 10.3. The van der Waals surface area contributed by atoms with Crippen LogP contribution in [0.5, 0.6) is 5.75 Å². The molecule has 174 valence electrons. The lowest BCUT2D eigenvalue weighted by Crippen LogP contribution is -2.35. The summed E-state index contributed by atoms with van der Waals surface area (Å²) >= 11 is 0. The highest BCUT2D eigenvalue weighted by Gasteiger charge is 2.41. The Morgan fingerprint density at radius 2 is 1.45 bits per heavy atom. The van der Waals surface area contributed by atoms with Crippen molar-refractivity contribution in [3.05, 3.63) is 76.6 Å². The smallest absolute Gasteiger partial charge is 0.336 e. The van der Waals surface area contributed by atoms with E-state index in [1.165, 1.54) is 0 Å². The highest BCUT2D eigenvalue weighted by atomic mass is 16.5. The third-order valence-corrected chi connectivity index (χ3v) is 5.59. The van der Waals surface area contributed by atoms with Crippen LogP contribution in [-0.2, 0) is 19.1 Å². The third kappa shape index (κ3) is 4.72. The van der Waals surface area contributed by atoms with Gasteiger partial charge in [0, 0.05) is 22.8 Å². The van der Waals surface area contributed by atoms with Crippen LogP contribution < -0.4 is 15.4 Å². The average Bonchev–Trinajstić information content (AvgIpc) is 2.79. The zero-order chi connectivity index (χ0) is 24.1. The number of hydrogen-bond acceptors (Lipinski definition) is 7. The summed E-state index contributed by atoms with van der Waals surface area (Å²) < 4.78 is 16.1. The van der Waals surface area contributed by atoms with Gasteiger partial charge in [0.05, 0.1) is 37.4 Å². The van der Waals surface area contributed by atoms with Gasteiger partial charge in [0.1, 0.15) is 5.75 Å². The zero-order valence-corrected chi connectivity index (χ0v) is 19.7. The van der Waals surface area contributed by atoms with Crippen molar-refractivity contribution in [2.24, 2.45) is 0 Å². The van der Waals surface area contributed by atoms with Crippen LogP contribution in [0.3, 0.4) is 0 Å². The Labute approximate surface area is 194 Å². The van der Waals surface area contributed by atoms with E-state index in [1.807, 2.05) is 49.1 Å². The number of benzene rings is 2. The van der Waals surface area contributed by atoms with Gasteiger partial charge >= 0.3 is 11.9 Å². The number of anilines is 2. The van der Waals surface area contributed by atoms with Crippen molar-refractivity contribution in [3.8, 4) is 5.75 Å². The largest absolute Gasteiger partial charge is 0.497 e. The van der Waals surface area contributed by atoms with Gasteiger partial charge in [-0.3, -0.25) is 0 Å². The standard InChI is InChI=1S/C26H30N2O5/c1-6-32-25(29)22-16(3)28(20-11-13-21(31-5)14-12-20)17(4)23(26(30)33-7-2)24(22)18-9-8-10-19(27)15-18/h8-15,24H,6-7,27H2,1-5H3. The Morgan fingerprint density at radius 3 is 1.91 bits per heavy atom. The molecule has 0 radical (unpaired) electrons. The molecule has 1 heterocycles. The number of ether oxygens (including phenoxy) is 3. The van der Waals surface area contributed by atoms with Crippen molar-refractivity contribution >= 4 is 23.3 Å². The predicted octanol–water partition coefficient (Wildman–Crippen LogP) is 4.56. The van der Waals surface area contributed by atoms with Crippen LogP contribution in [0.4, 0.5) is 11.4 Å². The van der Waals surface area contributed by atoms with Crippen LogP contribution in [0.25, 0.3) is 0 Å². The Hall–Kier alpha value is -3.74. The van der Waals surface area contributed by atoms with Gasteiger partial charge in [0.15, 0.2) is 0 Å². The van der Waals surface area contributed by atoms with Crippen molar-refractivity contribution in [1.82, 2.24) is 0 Å². The van der Waals surface area contributed by atoms with Gasteiger partial charge in [-0.05, 0) is 69.7 Å². The minimum absolute atomic E-state index is 0.208. The maximum Gasteiger partial charge on any atom is 0.336 e. The maximum atomic E-state index is 13.3. The van der Waals surface area contributed by atoms with E-state index in [2.05, 4.69) is 0 Å². The number of methoxy groups -OCH3 is 1. The fourth-order valence-corrected chi connectivity index (χ4v) is 4.19. The third-order valence-electron chi connectivity index (χ3n) is 5.59. The number of hydrogen-bond donors (Lipinski definition) is 1. The van der Waals surface area contributed by atoms with E-state index in [-0.39, 0.29) is 13.2 Å². The molecular weight excluding hydrogens is 420 g/mol. The van der Waals surface area contributed by atoms with Crippen molar-refractivity contribution in [2.45, 2.75) is 33.6 Å². The van der Waals surface area contributed by atoms with Crippen LogP contribution in [0.15, 0.2) is 71.1 Å². The van der Waals surface area contributed by atoms with Crippen LogP contribution >= 0.6 is 0 Å². The van der Waals surface area contributed by atoms with E-state index >= 15 is 0 Å². The molecule has 0 spiro atoms. The SMILES string of the molecule is CCOC(=O)C1=C(C)N(c2ccc(OC)cc2)C(C)=C(C(=O)OCC)C1c1cccc(N)c1. The molecule has 2 aromatic rings. The van der Waals surface area contributed by atoms with Crippen molar-refractivity contribution in [2.75, 3.05) is 31.0 Å². The number of allylic oxidation sites excluding steroid dienone is 2. The van der Waals surface area contributed by atoms with Crippen molar-refractivity contribution < 1.29 is 23.8 Å². The molecule has 1 aliphatic heterocycles. The first-order valence-electron chi connectivity index (χ1n) is 10.9. The molecule has 1 aliphatic rings. The first-order chi connectivity index (χ1) is 15.8. The number of carbonyl (C=O) groups excluding carboxylic acids is 2. The van der Waals surface area contributed by atoms with Gasteiger partial charge in [-0.2, -0.15) is 0 Å². The molecule has 0 aromatic heterocycles. The van der Waals surface area contributed by atoms with E-state index < -0.39 is 17.9 Å². The lowest BCUT2D eigenvalue weighted by atomic mass is 9.79. The Bertz CT molecular complexity index is 1060. The van der Waals surface area contributed by atoms with Gasteiger partial charge in [0.25, 0.3) is 0 Å². The number of nitrogen functional groups attached to an aromatic ring is 1. The van der Waals surface area contributed by atoms with Crippen LogP contribution in [0.2, 0.25) is 0 Å². The van der Waals surface area contributed by atoms with Gasteiger partial charge in [0.2, 0.25) is 0 Å². The first kappa shape index (κ1) is 23.9. The van der Waals surface area contributed by atoms with Gasteiger partial charge in [-0.1, -0.05) is 12.1 Å². The summed E-state index contributed by atoms with van der Waals surface area (Å²) in [5, 5.41) is 0. The minimum atomic E-state index is -0.680. The maximum absolute atomic E-state index is 13.3. The number of nitrogens with zero attached hydrogens (tertiary/aromatic N) is 1. The predicted molar refractivity (Wildman–Crippen MR) is 128 cm³/mol. The average molecular weight is 451 g/mol. The van der Waals surface area contributed by atoms with E-state index in [0.29, 0.717) is 39.5 Å². The van der Waals surface area contributed by atoms with Gasteiger partial charge in [-0.25, -0.2) is 9.59 Å². The topological polar surface area (TPSA) is 91.1 Å². The molecule has 0 saturated carbocycles. The molecule has 2 aromatic carbocycles. The second-order valence-electron chi connectivity index (χ2n) is 7.58. The Kier molecular flexibility index (Phi) is 7.43. The summed E-state index contributed by atoms with van der Waals surface area (Å²) in [5.41, 5.74) is 10.1. The molecule has 7 heteroatoms. The Balaban J connectivity index is 2.30. The van der Waals surface area contributed by atoms with E-state index in [9.17, 15) is 9.59 Å². The van der Waals surface area contributed by atoms with Crippen molar-refractivity contribution in [1.29, 1.82) is 0 Å². The lowest BCUT2D eigenvalue weighted by Gasteiger charge is -2.38. The number of nitrogens with two attached hydrogens (primary N) is 1. The van der Waals surface area contributed by atoms with Gasteiger partial charge in [-0.15, -0.1) is 0 Å². The lowest BCUT2D eigenvalue weighted by molar-refractivity contribution is -0.139.